The summed E-state index contributed by atoms with van der Waals surface area (Å²) >= 11 is 0. The number of halogens is 4. The van der Waals surface area contributed by atoms with Gasteiger partial charge in [0.1, 0.15) is 11.6 Å². The number of nitrogens with one attached hydrogen (secondary N) is 1. The van der Waals surface area contributed by atoms with Crippen molar-refractivity contribution in [2.75, 3.05) is 6.54 Å². The third-order valence-electron chi connectivity index (χ3n) is 6.09. The maximum Gasteiger partial charge on any atom is 0.416 e. The molecule has 0 amide bonds. The first-order valence-corrected chi connectivity index (χ1v) is 13.9. The van der Waals surface area contributed by atoms with Crippen molar-refractivity contribution in [2.24, 2.45) is 10.9 Å². The number of aromatic hydroxyl groups is 1. The van der Waals surface area contributed by atoms with E-state index < -0.39 is 23.3 Å². The van der Waals surface area contributed by atoms with Crippen LogP contribution in [0.3, 0.4) is 0 Å². The molecule has 1 aromatic carbocycles. The highest BCUT2D eigenvalue weighted by Crippen LogP contribution is 2.35. The van der Waals surface area contributed by atoms with Crippen LogP contribution in [-0.4, -0.2) is 23.4 Å². The highest BCUT2D eigenvalue weighted by Gasteiger charge is 2.33. The van der Waals surface area contributed by atoms with E-state index in [1.807, 2.05) is 39.8 Å². The minimum atomic E-state index is -4.77. The minimum absolute atomic E-state index is 0.116. The zero-order valence-electron chi connectivity index (χ0n) is 24.5. The molecule has 0 fully saturated rings. The van der Waals surface area contributed by atoms with Gasteiger partial charge in [-0.25, -0.2) is 4.39 Å². The van der Waals surface area contributed by atoms with Crippen molar-refractivity contribution in [1.29, 1.82) is 0 Å². The summed E-state index contributed by atoms with van der Waals surface area (Å²) < 4.78 is 54.1. The third-order valence-corrected chi connectivity index (χ3v) is 6.09. The molecule has 38 heavy (non-hydrogen) atoms. The molecule has 0 saturated carbocycles. The van der Waals surface area contributed by atoms with Gasteiger partial charge >= 0.3 is 6.18 Å². The molecule has 0 radical (unpaired) electrons. The summed E-state index contributed by atoms with van der Waals surface area (Å²) in [6, 6.07) is 1.28. The second kappa shape index (κ2) is 18.6. The first kappa shape index (κ1) is 35.4. The Morgan fingerprint density at radius 1 is 1.13 bits per heavy atom. The Balaban J connectivity index is 0.00000667. The number of benzene rings is 1. The molecule has 216 valence electrons. The third kappa shape index (κ3) is 12.8. The zero-order valence-corrected chi connectivity index (χ0v) is 24.5. The number of unbranched alkanes of at least 4 members (excludes halogenated alkanes) is 1. The van der Waals surface area contributed by atoms with E-state index in [9.17, 15) is 22.7 Å². The number of hydrogen-bond donors (Lipinski definition) is 2. The smallest absolute Gasteiger partial charge is 0.416 e. The molecule has 0 aliphatic rings. The van der Waals surface area contributed by atoms with Gasteiger partial charge in [-0.2, -0.15) is 13.2 Å². The van der Waals surface area contributed by atoms with Crippen LogP contribution in [0.5, 0.6) is 5.75 Å². The van der Waals surface area contributed by atoms with Crippen molar-refractivity contribution in [3.63, 3.8) is 0 Å². The number of phenols is 1. The van der Waals surface area contributed by atoms with Crippen molar-refractivity contribution in [1.82, 2.24) is 5.32 Å². The lowest BCUT2D eigenvalue weighted by atomic mass is 9.95. The molecule has 2 unspecified atom stereocenters. The molecular weight excluding hydrogens is 492 g/mol. The molecule has 1 aromatic rings. The van der Waals surface area contributed by atoms with E-state index in [1.165, 1.54) is 0 Å². The number of hydrogen-bond acceptors (Lipinski definition) is 3. The van der Waals surface area contributed by atoms with Crippen molar-refractivity contribution >= 4 is 5.71 Å². The van der Waals surface area contributed by atoms with Gasteiger partial charge in [-0.3, -0.25) is 4.99 Å². The van der Waals surface area contributed by atoms with Crippen LogP contribution in [0.15, 0.2) is 52.7 Å². The van der Waals surface area contributed by atoms with Gasteiger partial charge in [0.05, 0.1) is 23.4 Å². The Labute approximate surface area is 227 Å². The summed E-state index contributed by atoms with van der Waals surface area (Å²) in [5.41, 5.74) is 0.00814. The predicted octanol–water partition coefficient (Wildman–Crippen LogP) is 9.77. The lowest BCUT2D eigenvalue weighted by Gasteiger charge is -2.23. The van der Waals surface area contributed by atoms with Gasteiger partial charge in [-0.1, -0.05) is 79.0 Å². The average Bonchev–Trinajstić information content (AvgIpc) is 2.86. The fraction of sp³-hybridized carbons (Fsp3) is 0.581. The Morgan fingerprint density at radius 2 is 1.79 bits per heavy atom. The predicted molar refractivity (Wildman–Crippen MR) is 153 cm³/mol. The molecular formula is C31H48F4N2O. The molecule has 1 rings (SSSR count). The molecule has 0 aliphatic heterocycles. The van der Waals surface area contributed by atoms with Gasteiger partial charge in [0.2, 0.25) is 0 Å². The SMILES string of the molecule is CC.CC/C=C\C=C(/C)C(=NC/C=C(\C)NC(CCCC)CC(C)CC)c1c(O)cc(C(F)(F)F)cc1F. The Kier molecular flexibility index (Phi) is 17.4. The molecule has 7 heteroatoms. The van der Waals surface area contributed by atoms with Crippen LogP contribution in [0.25, 0.3) is 0 Å². The molecule has 0 spiro atoms. The molecule has 0 saturated heterocycles. The van der Waals surface area contributed by atoms with E-state index in [0.717, 1.165) is 44.2 Å². The Morgan fingerprint density at radius 3 is 2.32 bits per heavy atom. The van der Waals surface area contributed by atoms with Crippen LogP contribution in [0, 0.1) is 11.7 Å². The topological polar surface area (TPSA) is 44.6 Å². The van der Waals surface area contributed by atoms with E-state index in [0.29, 0.717) is 29.7 Å². The van der Waals surface area contributed by atoms with Crippen molar-refractivity contribution in [3.8, 4) is 5.75 Å². The second-order valence-electron chi connectivity index (χ2n) is 9.35. The average molecular weight is 541 g/mol. The van der Waals surface area contributed by atoms with Gasteiger partial charge in [-0.05, 0) is 62.8 Å². The van der Waals surface area contributed by atoms with Crippen LogP contribution in [0.1, 0.15) is 105 Å². The summed E-state index contributed by atoms with van der Waals surface area (Å²) in [6.07, 6.45) is 8.78. The fourth-order valence-corrected chi connectivity index (χ4v) is 3.83. The van der Waals surface area contributed by atoms with E-state index >= 15 is 0 Å². The number of phenolic OH excluding ortho intramolecular Hbond substituents is 1. The standard InChI is InChI=1S/C29H42F4N2O.C2H6/c1-7-10-12-13-21(5)28(27-25(30)18-23(19-26(27)36)29(31,32)33)34-16-15-22(6)35-24(14-11-8-2)17-20(4)9-3;1-2/h10,12-13,15,18-20,24,35-36H,7-9,11,14,16-17H2,1-6H3;1-2H3/b12-10-,21-13+,22-15+,34-28?;. The van der Waals surface area contributed by atoms with Crippen LogP contribution < -0.4 is 5.32 Å². The van der Waals surface area contributed by atoms with E-state index in [2.05, 4.69) is 31.1 Å². The monoisotopic (exact) mass is 540 g/mol. The van der Waals surface area contributed by atoms with Gasteiger partial charge in [0.15, 0.2) is 0 Å². The normalized spacial score (nSPS) is 14.8. The van der Waals surface area contributed by atoms with Crippen LogP contribution in [0.2, 0.25) is 0 Å². The van der Waals surface area contributed by atoms with E-state index in [-0.39, 0.29) is 17.8 Å². The highest BCUT2D eigenvalue weighted by molar-refractivity contribution is 6.14. The zero-order chi connectivity index (χ0) is 29.3. The highest BCUT2D eigenvalue weighted by atomic mass is 19.4. The number of alkyl halides is 3. The molecule has 0 heterocycles. The summed E-state index contributed by atoms with van der Waals surface area (Å²) in [5, 5.41) is 13.9. The number of allylic oxidation sites excluding steroid dienone is 5. The first-order chi connectivity index (χ1) is 17.9. The summed E-state index contributed by atoms with van der Waals surface area (Å²) in [4.78, 5) is 4.49. The number of rotatable bonds is 14. The second-order valence-corrected chi connectivity index (χ2v) is 9.35. The van der Waals surface area contributed by atoms with E-state index in [4.69, 9.17) is 0 Å². The van der Waals surface area contributed by atoms with Gasteiger partial charge < -0.3 is 10.4 Å². The molecule has 3 nitrogen and oxygen atoms in total. The lowest BCUT2D eigenvalue weighted by molar-refractivity contribution is -0.137. The quantitative estimate of drug-likeness (QED) is 0.140. The number of aliphatic imine (C=N–C) groups is 1. The van der Waals surface area contributed by atoms with Crippen LogP contribution in [-0.2, 0) is 6.18 Å². The molecule has 0 bridgehead atoms. The molecule has 2 N–H and O–H groups in total. The van der Waals surface area contributed by atoms with Crippen molar-refractivity contribution in [3.05, 3.63) is 64.7 Å². The van der Waals surface area contributed by atoms with E-state index in [1.54, 1.807) is 19.1 Å². The number of nitrogens with zero attached hydrogens (tertiary/aromatic N) is 1. The van der Waals surface area contributed by atoms with Crippen molar-refractivity contribution in [2.45, 2.75) is 106 Å². The van der Waals surface area contributed by atoms with Crippen LogP contribution >= 0.6 is 0 Å². The van der Waals surface area contributed by atoms with Gasteiger partial charge in [0, 0.05) is 11.7 Å². The fourth-order valence-electron chi connectivity index (χ4n) is 3.83. The maximum absolute atomic E-state index is 14.9. The van der Waals surface area contributed by atoms with Gasteiger partial charge in [-0.15, -0.1) is 0 Å². The lowest BCUT2D eigenvalue weighted by Crippen LogP contribution is -2.29. The largest absolute Gasteiger partial charge is 0.507 e. The Hall–Kier alpha value is -2.57. The summed E-state index contributed by atoms with van der Waals surface area (Å²) in [6.45, 7) is 16.4. The Bertz CT molecular complexity index is 923. The maximum atomic E-state index is 14.9. The van der Waals surface area contributed by atoms with Gasteiger partial charge in [0.25, 0.3) is 0 Å². The first-order valence-electron chi connectivity index (χ1n) is 13.9. The van der Waals surface area contributed by atoms with Crippen LogP contribution in [0.4, 0.5) is 17.6 Å². The molecule has 2 atom stereocenters. The minimum Gasteiger partial charge on any atom is -0.507 e. The summed E-state index contributed by atoms with van der Waals surface area (Å²) in [7, 11) is 0. The molecule has 0 aliphatic carbocycles. The summed E-state index contributed by atoms with van der Waals surface area (Å²) in [5.74, 6) is -1.35. The van der Waals surface area contributed by atoms with Crippen molar-refractivity contribution < 1.29 is 22.7 Å². The molecule has 0 aromatic heterocycles.